The van der Waals surface area contributed by atoms with Gasteiger partial charge in [-0.15, -0.1) is 0 Å². The summed E-state index contributed by atoms with van der Waals surface area (Å²) in [5, 5.41) is -1.14. The Labute approximate surface area is 184 Å². The molecule has 2 aromatic rings. The molecule has 0 unspecified atom stereocenters. The number of hydrogen-bond donors (Lipinski definition) is 0. The molecule has 0 aromatic heterocycles. The molecule has 0 N–H and O–H groups in total. The minimum Gasteiger partial charge on any atom is -0.467 e. The fourth-order valence-corrected chi connectivity index (χ4v) is 7.86. The first-order chi connectivity index (χ1) is 14.8. The van der Waals surface area contributed by atoms with Crippen LogP contribution in [0.2, 0.25) is 0 Å². The lowest BCUT2D eigenvalue weighted by atomic mass is 9.65. The van der Waals surface area contributed by atoms with E-state index in [2.05, 4.69) is 13.8 Å². The minimum atomic E-state index is -3.88. The molecular weight excluding hydrogens is 410 g/mol. The molecule has 1 saturated carbocycles. The number of piperidine rings is 1. The maximum atomic E-state index is 13.9. The molecule has 2 bridgehead atoms. The summed E-state index contributed by atoms with van der Waals surface area (Å²) in [5.41, 5.74) is 1.18. The molecule has 0 spiro atoms. The molecule has 2 fully saturated rings. The zero-order valence-electron chi connectivity index (χ0n) is 18.2. The molecular formula is C25H29NO4S. The minimum absolute atomic E-state index is 0.0337. The molecule has 2 aromatic carbocycles. The van der Waals surface area contributed by atoms with Gasteiger partial charge in [-0.2, -0.15) is 0 Å². The van der Waals surface area contributed by atoms with Crippen molar-refractivity contribution in [3.63, 3.8) is 0 Å². The van der Waals surface area contributed by atoms with Crippen LogP contribution in [-0.4, -0.2) is 37.2 Å². The predicted octanol–water partition coefficient (Wildman–Crippen LogP) is 4.49. The fraction of sp³-hybridized carbons (Fsp3) is 0.480. The average molecular weight is 440 g/mol. The van der Waals surface area contributed by atoms with Gasteiger partial charge in [-0.25, -0.2) is 8.42 Å². The maximum absolute atomic E-state index is 13.9. The Hall–Kier alpha value is -2.34. The van der Waals surface area contributed by atoms with E-state index in [9.17, 15) is 13.2 Å². The van der Waals surface area contributed by atoms with E-state index < -0.39 is 26.7 Å². The molecule has 2 heterocycles. The van der Waals surface area contributed by atoms with Crippen molar-refractivity contribution in [2.24, 2.45) is 5.92 Å². The van der Waals surface area contributed by atoms with Gasteiger partial charge in [0.05, 0.1) is 4.90 Å². The molecule has 3 aliphatic rings. The predicted molar refractivity (Wildman–Crippen MR) is 119 cm³/mol. The Bertz CT molecular complexity index is 1120. The lowest BCUT2D eigenvalue weighted by molar-refractivity contribution is -0.191. The second-order valence-corrected chi connectivity index (χ2v) is 11.5. The molecule has 5 nitrogen and oxygen atoms in total. The lowest BCUT2D eigenvalue weighted by Crippen LogP contribution is -2.71. The summed E-state index contributed by atoms with van der Waals surface area (Å²) in [6, 6.07) is 14.7. The van der Waals surface area contributed by atoms with E-state index in [1.165, 1.54) is 0 Å². The fourth-order valence-electron chi connectivity index (χ4n) is 5.90. The van der Waals surface area contributed by atoms with Gasteiger partial charge in [0.1, 0.15) is 5.75 Å². The summed E-state index contributed by atoms with van der Waals surface area (Å²) in [4.78, 5) is 15.5. The number of sulfone groups is 1. The van der Waals surface area contributed by atoms with Crippen LogP contribution in [0.4, 0.5) is 0 Å². The number of carbonyl (C=O) groups is 1. The topological polar surface area (TPSA) is 63.7 Å². The Kier molecular flexibility index (Phi) is 4.70. The Morgan fingerprint density at radius 2 is 1.77 bits per heavy atom. The summed E-state index contributed by atoms with van der Waals surface area (Å²) in [5.74, 6) is 0.229. The van der Waals surface area contributed by atoms with E-state index in [1.54, 1.807) is 24.1 Å². The van der Waals surface area contributed by atoms with Crippen LogP contribution in [-0.2, 0) is 14.6 Å². The quantitative estimate of drug-likeness (QED) is 0.707. The highest BCUT2D eigenvalue weighted by atomic mass is 32.2. The van der Waals surface area contributed by atoms with Crippen molar-refractivity contribution in [2.75, 3.05) is 7.05 Å². The van der Waals surface area contributed by atoms with Crippen LogP contribution in [0, 0.1) is 5.92 Å². The SMILES string of the molecule is CC(C)c1ccc(S(=O)(=O)[C@H]2C(=O)N(C)[C@@]34CCCC[C@H]3[C@H]2c2ccccc2O4)cc1. The number of likely N-dealkylation sites (tertiary alicyclic amines) is 1. The van der Waals surface area contributed by atoms with Crippen LogP contribution >= 0.6 is 0 Å². The number of para-hydroxylation sites is 1. The van der Waals surface area contributed by atoms with Gasteiger partial charge in [0.25, 0.3) is 0 Å². The van der Waals surface area contributed by atoms with Crippen molar-refractivity contribution in [3.05, 3.63) is 59.7 Å². The highest BCUT2D eigenvalue weighted by Gasteiger charge is 2.64. The molecule has 1 amide bonds. The van der Waals surface area contributed by atoms with E-state index in [0.717, 1.165) is 36.8 Å². The number of fused-ring (bicyclic) bond motifs is 2. The van der Waals surface area contributed by atoms with Gasteiger partial charge in [-0.1, -0.05) is 50.6 Å². The van der Waals surface area contributed by atoms with Gasteiger partial charge < -0.3 is 9.64 Å². The molecule has 164 valence electrons. The van der Waals surface area contributed by atoms with Gasteiger partial charge in [-0.05, 0) is 48.1 Å². The monoisotopic (exact) mass is 439 g/mol. The molecule has 1 aliphatic carbocycles. The smallest absolute Gasteiger partial charge is 0.244 e. The summed E-state index contributed by atoms with van der Waals surface area (Å²) in [6.07, 6.45) is 3.58. The average Bonchev–Trinajstić information content (AvgIpc) is 2.77. The number of ether oxygens (including phenoxy) is 1. The highest BCUT2D eigenvalue weighted by molar-refractivity contribution is 7.92. The Morgan fingerprint density at radius 1 is 1.06 bits per heavy atom. The largest absolute Gasteiger partial charge is 0.467 e. The second-order valence-electron chi connectivity index (χ2n) is 9.45. The van der Waals surface area contributed by atoms with Gasteiger partial charge >= 0.3 is 0 Å². The molecule has 6 heteroatoms. The van der Waals surface area contributed by atoms with Crippen molar-refractivity contribution in [1.29, 1.82) is 0 Å². The van der Waals surface area contributed by atoms with Crippen molar-refractivity contribution in [1.82, 2.24) is 4.90 Å². The van der Waals surface area contributed by atoms with Crippen LogP contribution in [0.3, 0.4) is 0 Å². The molecule has 4 atom stereocenters. The standard InChI is InChI=1S/C25H29NO4S/c1-16(2)17-11-13-18(14-12-17)31(28,29)23-22-19-8-4-5-10-21(19)30-25(26(3)24(23)27)15-7-6-9-20(22)25/h4-5,8,10-14,16,20,22-23H,6-7,9,15H2,1-3H3/t20-,22+,23+,25+/m0/s1. The lowest BCUT2D eigenvalue weighted by Gasteiger charge is -2.59. The summed E-state index contributed by atoms with van der Waals surface area (Å²) in [7, 11) is -2.16. The molecule has 31 heavy (non-hydrogen) atoms. The van der Waals surface area contributed by atoms with Crippen LogP contribution in [0.1, 0.15) is 62.5 Å². The number of rotatable bonds is 3. The first-order valence-electron chi connectivity index (χ1n) is 11.2. The third-order valence-corrected chi connectivity index (χ3v) is 9.65. The second kappa shape index (κ2) is 7.09. The van der Waals surface area contributed by atoms with Crippen molar-refractivity contribution >= 4 is 15.7 Å². The third kappa shape index (κ3) is 2.87. The normalized spacial score (nSPS) is 29.9. The molecule has 5 rings (SSSR count). The van der Waals surface area contributed by atoms with Crippen LogP contribution in [0.5, 0.6) is 5.75 Å². The number of hydrogen-bond acceptors (Lipinski definition) is 4. The van der Waals surface area contributed by atoms with Crippen LogP contribution < -0.4 is 4.74 Å². The van der Waals surface area contributed by atoms with Crippen molar-refractivity contribution in [2.45, 2.75) is 67.2 Å². The van der Waals surface area contributed by atoms with Crippen molar-refractivity contribution in [3.8, 4) is 5.75 Å². The maximum Gasteiger partial charge on any atom is 0.244 e. The zero-order valence-corrected chi connectivity index (χ0v) is 19.1. The van der Waals surface area contributed by atoms with Gasteiger partial charge in [0.15, 0.2) is 20.8 Å². The summed E-state index contributed by atoms with van der Waals surface area (Å²) in [6.45, 7) is 4.15. The van der Waals surface area contributed by atoms with Crippen LogP contribution in [0.15, 0.2) is 53.4 Å². The van der Waals surface area contributed by atoms with Gasteiger partial charge in [-0.3, -0.25) is 4.79 Å². The summed E-state index contributed by atoms with van der Waals surface area (Å²) >= 11 is 0. The number of benzene rings is 2. The molecule has 2 aliphatic heterocycles. The van der Waals surface area contributed by atoms with Gasteiger partial charge in [0, 0.05) is 25.3 Å². The zero-order chi connectivity index (χ0) is 22.0. The van der Waals surface area contributed by atoms with Gasteiger partial charge in [0.2, 0.25) is 5.91 Å². The van der Waals surface area contributed by atoms with E-state index in [1.807, 2.05) is 36.4 Å². The van der Waals surface area contributed by atoms with E-state index >= 15 is 0 Å². The number of amides is 1. The van der Waals surface area contributed by atoms with Crippen molar-refractivity contribution < 1.29 is 17.9 Å². The van der Waals surface area contributed by atoms with E-state index in [0.29, 0.717) is 11.7 Å². The first-order valence-corrected chi connectivity index (χ1v) is 12.7. The Balaban J connectivity index is 1.68. The third-order valence-electron chi connectivity index (χ3n) is 7.56. The van der Waals surface area contributed by atoms with E-state index in [4.69, 9.17) is 4.74 Å². The van der Waals surface area contributed by atoms with Crippen LogP contribution in [0.25, 0.3) is 0 Å². The first kappa shape index (κ1) is 20.6. The van der Waals surface area contributed by atoms with E-state index in [-0.39, 0.29) is 16.7 Å². The molecule has 0 radical (unpaired) electrons. The number of carbonyl (C=O) groups excluding carboxylic acids is 1. The number of nitrogens with zero attached hydrogens (tertiary/aromatic N) is 1. The highest BCUT2D eigenvalue weighted by Crippen LogP contribution is 2.58. The molecule has 1 saturated heterocycles. The Morgan fingerprint density at radius 3 is 2.48 bits per heavy atom. The summed E-state index contributed by atoms with van der Waals surface area (Å²) < 4.78 is 34.3.